The van der Waals surface area contributed by atoms with Gasteiger partial charge in [0.15, 0.2) is 24.0 Å². The summed E-state index contributed by atoms with van der Waals surface area (Å²) in [5, 5.41) is 0. The Hall–Kier alpha value is -3.59. The van der Waals surface area contributed by atoms with E-state index in [4.69, 9.17) is 14.2 Å². The number of nitrogens with zero attached hydrogens (tertiary/aromatic N) is 1. The van der Waals surface area contributed by atoms with Crippen LogP contribution in [0.1, 0.15) is 47.9 Å². The van der Waals surface area contributed by atoms with E-state index in [-0.39, 0.29) is 34.5 Å². The summed E-state index contributed by atoms with van der Waals surface area (Å²) in [6.07, 6.45) is 0.491. The van der Waals surface area contributed by atoms with Crippen LogP contribution < -0.4 is 4.74 Å². The molecule has 2 amide bonds. The van der Waals surface area contributed by atoms with Crippen molar-refractivity contribution in [3.05, 3.63) is 64.5 Å². The largest absolute Gasteiger partial charge is 0.494 e. The number of carbonyl (C=O) groups excluding carboxylic acids is 4. The van der Waals surface area contributed by atoms with E-state index in [1.807, 2.05) is 0 Å². The van der Waals surface area contributed by atoms with Crippen molar-refractivity contribution in [1.82, 2.24) is 4.90 Å². The van der Waals surface area contributed by atoms with Gasteiger partial charge in [-0.15, -0.1) is 0 Å². The van der Waals surface area contributed by atoms with Crippen LogP contribution in [0.25, 0.3) is 0 Å². The molecule has 0 unspecified atom stereocenters. The lowest BCUT2D eigenvalue weighted by Crippen LogP contribution is -2.31. The predicted octanol–water partition coefficient (Wildman–Crippen LogP) is 2.51. The first-order valence-corrected chi connectivity index (χ1v) is 9.40. The molecule has 0 aromatic heterocycles. The molecule has 0 bridgehead atoms. The maximum absolute atomic E-state index is 13.7. The average Bonchev–Trinajstić information content (AvgIpc) is 3.01. The highest BCUT2D eigenvalue weighted by atomic mass is 19.1. The van der Waals surface area contributed by atoms with Gasteiger partial charge in [-0.05, 0) is 42.8 Å². The van der Waals surface area contributed by atoms with Crippen molar-refractivity contribution in [3.8, 4) is 5.75 Å². The minimum absolute atomic E-state index is 0.0119. The second-order valence-corrected chi connectivity index (χ2v) is 6.72. The molecule has 0 saturated heterocycles. The minimum atomic E-state index is -0.844. The Labute approximate surface area is 177 Å². The highest BCUT2D eigenvalue weighted by molar-refractivity contribution is 6.22. The summed E-state index contributed by atoms with van der Waals surface area (Å²) in [4.78, 5) is 50.5. The van der Waals surface area contributed by atoms with Crippen LogP contribution in [0.5, 0.6) is 5.75 Å². The number of benzene rings is 2. The molecular weight excluding hydrogens is 409 g/mol. The number of fused-ring (bicyclic) bond motifs is 1. The van der Waals surface area contributed by atoms with Crippen molar-refractivity contribution in [1.29, 1.82) is 0 Å². The number of rotatable bonds is 9. The quantitative estimate of drug-likeness (QED) is 0.261. The van der Waals surface area contributed by atoms with Crippen molar-refractivity contribution in [2.24, 2.45) is 0 Å². The zero-order chi connectivity index (χ0) is 22.5. The summed E-state index contributed by atoms with van der Waals surface area (Å²) < 4.78 is 28.5. The zero-order valence-corrected chi connectivity index (χ0v) is 17.0. The summed E-state index contributed by atoms with van der Waals surface area (Å²) in [5.74, 6) is -3.11. The third kappa shape index (κ3) is 4.61. The molecule has 1 aliphatic rings. The molecule has 2 aromatic carbocycles. The standard InChI is InChI=1S/C22H20FNO7/c1-29-9-3-8-24-20(26)15-6-4-14(10-16(15)21(24)27)22(28)31-12-18(25)13-5-7-19(30-2)17(23)11-13/h4-7,10-11H,3,8-9,12H2,1-2H3. The van der Waals surface area contributed by atoms with Gasteiger partial charge in [-0.1, -0.05) is 0 Å². The van der Waals surface area contributed by atoms with Crippen LogP contribution in [0, 0.1) is 5.82 Å². The van der Waals surface area contributed by atoms with Crippen LogP contribution in [0.15, 0.2) is 36.4 Å². The number of amides is 2. The van der Waals surface area contributed by atoms with Crippen LogP contribution in [-0.4, -0.2) is 62.4 Å². The van der Waals surface area contributed by atoms with Gasteiger partial charge in [-0.2, -0.15) is 0 Å². The molecule has 0 saturated carbocycles. The van der Waals surface area contributed by atoms with E-state index in [9.17, 15) is 23.6 Å². The third-order valence-electron chi connectivity index (χ3n) is 4.74. The fourth-order valence-corrected chi connectivity index (χ4v) is 3.13. The molecule has 3 rings (SSSR count). The molecule has 0 aliphatic carbocycles. The maximum atomic E-state index is 13.7. The van der Waals surface area contributed by atoms with E-state index >= 15 is 0 Å². The van der Waals surface area contributed by atoms with Crippen molar-refractivity contribution in [3.63, 3.8) is 0 Å². The molecule has 2 aromatic rings. The van der Waals surface area contributed by atoms with Crippen LogP contribution in [0.4, 0.5) is 4.39 Å². The van der Waals surface area contributed by atoms with Gasteiger partial charge in [-0.3, -0.25) is 19.3 Å². The van der Waals surface area contributed by atoms with Gasteiger partial charge in [0.2, 0.25) is 0 Å². The fraction of sp³-hybridized carbons (Fsp3) is 0.273. The molecule has 9 heteroatoms. The summed E-state index contributed by atoms with van der Waals surface area (Å²) in [6, 6.07) is 7.64. The number of carbonyl (C=O) groups is 4. The first-order valence-electron chi connectivity index (χ1n) is 9.40. The van der Waals surface area contributed by atoms with Crippen LogP contribution in [-0.2, 0) is 9.47 Å². The Kier molecular flexibility index (Phi) is 6.76. The van der Waals surface area contributed by atoms with Crippen LogP contribution >= 0.6 is 0 Å². The van der Waals surface area contributed by atoms with Crippen molar-refractivity contribution in [2.45, 2.75) is 6.42 Å². The first-order chi connectivity index (χ1) is 14.9. The SMILES string of the molecule is COCCCN1C(=O)c2ccc(C(=O)OCC(=O)c3ccc(OC)c(F)c3)cc2C1=O. The Morgan fingerprint density at radius 3 is 2.35 bits per heavy atom. The van der Waals surface area contributed by atoms with Crippen molar-refractivity contribution >= 4 is 23.6 Å². The second kappa shape index (κ2) is 9.48. The van der Waals surface area contributed by atoms with E-state index in [2.05, 4.69) is 0 Å². The minimum Gasteiger partial charge on any atom is -0.494 e. The lowest BCUT2D eigenvalue weighted by Gasteiger charge is -2.12. The van der Waals surface area contributed by atoms with Gasteiger partial charge in [0.1, 0.15) is 0 Å². The topological polar surface area (TPSA) is 99.2 Å². The molecule has 0 radical (unpaired) electrons. The van der Waals surface area contributed by atoms with Gasteiger partial charge in [0, 0.05) is 25.8 Å². The summed E-state index contributed by atoms with van der Waals surface area (Å²) in [7, 11) is 2.82. The number of ether oxygens (including phenoxy) is 3. The third-order valence-corrected chi connectivity index (χ3v) is 4.74. The molecule has 1 aliphatic heterocycles. The second-order valence-electron chi connectivity index (χ2n) is 6.72. The number of halogens is 1. The zero-order valence-electron chi connectivity index (χ0n) is 17.0. The fourth-order valence-electron chi connectivity index (χ4n) is 3.13. The normalized spacial score (nSPS) is 12.7. The monoisotopic (exact) mass is 429 g/mol. The molecule has 8 nitrogen and oxygen atoms in total. The van der Waals surface area contributed by atoms with Crippen molar-refractivity contribution < 1.29 is 37.8 Å². The molecule has 0 spiro atoms. The van der Waals surface area contributed by atoms with Gasteiger partial charge in [-0.25, -0.2) is 9.18 Å². The Morgan fingerprint density at radius 2 is 1.68 bits per heavy atom. The first kappa shape index (κ1) is 22.1. The van der Waals surface area contributed by atoms with E-state index in [1.54, 1.807) is 0 Å². The number of ketones is 1. The van der Waals surface area contributed by atoms with E-state index in [1.165, 1.54) is 44.6 Å². The number of hydrogen-bond donors (Lipinski definition) is 0. The number of Topliss-reactive ketones (excluding diaryl/α,β-unsaturated/α-hetero) is 1. The number of esters is 1. The molecular formula is C22H20FNO7. The lowest BCUT2D eigenvalue weighted by molar-refractivity contribution is 0.0474. The highest BCUT2D eigenvalue weighted by Gasteiger charge is 2.35. The number of methoxy groups -OCH3 is 2. The highest BCUT2D eigenvalue weighted by Crippen LogP contribution is 2.25. The molecule has 31 heavy (non-hydrogen) atoms. The van der Waals surface area contributed by atoms with Crippen molar-refractivity contribution in [2.75, 3.05) is 34.0 Å². The van der Waals surface area contributed by atoms with Gasteiger partial charge in [0.25, 0.3) is 11.8 Å². The van der Waals surface area contributed by atoms with Gasteiger partial charge >= 0.3 is 5.97 Å². The smallest absolute Gasteiger partial charge is 0.338 e. The van der Waals surface area contributed by atoms with E-state index in [0.29, 0.717) is 13.0 Å². The van der Waals surface area contributed by atoms with Crippen LogP contribution in [0.2, 0.25) is 0 Å². The number of hydrogen-bond acceptors (Lipinski definition) is 7. The van der Waals surface area contributed by atoms with Gasteiger partial charge < -0.3 is 14.2 Å². The average molecular weight is 429 g/mol. The van der Waals surface area contributed by atoms with Crippen LogP contribution in [0.3, 0.4) is 0 Å². The molecule has 0 atom stereocenters. The predicted molar refractivity (Wildman–Crippen MR) is 106 cm³/mol. The maximum Gasteiger partial charge on any atom is 0.338 e. The van der Waals surface area contributed by atoms with E-state index < -0.39 is 36.0 Å². The number of imide groups is 1. The van der Waals surface area contributed by atoms with Gasteiger partial charge in [0.05, 0.1) is 23.8 Å². The Morgan fingerprint density at radius 1 is 0.968 bits per heavy atom. The molecule has 162 valence electrons. The Balaban J connectivity index is 1.66. The molecule has 0 fully saturated rings. The molecule has 0 N–H and O–H groups in total. The summed E-state index contributed by atoms with van der Waals surface area (Å²) >= 11 is 0. The summed E-state index contributed by atoms with van der Waals surface area (Å²) in [5.41, 5.74) is 0.337. The summed E-state index contributed by atoms with van der Waals surface area (Å²) in [6.45, 7) is -0.0122. The Bertz CT molecular complexity index is 1050. The van der Waals surface area contributed by atoms with E-state index in [0.717, 1.165) is 11.0 Å². The molecule has 1 heterocycles. The lowest BCUT2D eigenvalue weighted by atomic mass is 10.1.